The Morgan fingerprint density at radius 3 is 2.49 bits per heavy atom. The van der Waals surface area contributed by atoms with E-state index in [2.05, 4.69) is 15.5 Å². The van der Waals surface area contributed by atoms with Crippen LogP contribution in [0.15, 0.2) is 85.3 Å². The van der Waals surface area contributed by atoms with Gasteiger partial charge in [0, 0.05) is 18.0 Å². The molecule has 2 aromatic carbocycles. The van der Waals surface area contributed by atoms with Gasteiger partial charge in [0.15, 0.2) is 23.0 Å². The molecular weight excluding hydrogens is 466 g/mol. The number of benzene rings is 2. The molecule has 5 aromatic rings. The third-order valence-corrected chi connectivity index (χ3v) is 5.09. The number of fused-ring (bicyclic) bond motifs is 1. The van der Waals surface area contributed by atoms with Crippen LogP contribution in [0, 0.1) is 5.82 Å². The summed E-state index contributed by atoms with van der Waals surface area (Å²) in [7, 11) is 0. The molecule has 11 heteroatoms. The van der Waals surface area contributed by atoms with Gasteiger partial charge in [-0.05, 0) is 42.5 Å². The van der Waals surface area contributed by atoms with E-state index in [0.29, 0.717) is 15.9 Å². The van der Waals surface area contributed by atoms with Crippen LogP contribution in [-0.2, 0) is 6.18 Å². The van der Waals surface area contributed by atoms with E-state index in [1.807, 2.05) is 0 Å². The average molecular weight is 481 g/mol. The van der Waals surface area contributed by atoms with Gasteiger partial charge in [0.25, 0.3) is 5.91 Å². The van der Waals surface area contributed by atoms with Crippen molar-refractivity contribution in [3.05, 3.63) is 102 Å². The number of carbonyl (C=O) groups is 1. The van der Waals surface area contributed by atoms with E-state index >= 15 is 0 Å². The monoisotopic (exact) mass is 481 g/mol. The Hall–Kier alpha value is -4.67. The zero-order chi connectivity index (χ0) is 24.6. The summed E-state index contributed by atoms with van der Waals surface area (Å²) in [5.41, 5.74) is -1.24. The molecular formula is C24H15F4N5O2. The summed E-state index contributed by atoms with van der Waals surface area (Å²) in [5.74, 6) is -1.69. The molecule has 0 unspecified atom stereocenters. The molecule has 0 spiro atoms. The summed E-state index contributed by atoms with van der Waals surface area (Å²) in [4.78, 5) is 12.7. The summed E-state index contributed by atoms with van der Waals surface area (Å²) < 4.78 is 64.0. The normalized spacial score (nSPS) is 11.5. The summed E-state index contributed by atoms with van der Waals surface area (Å²) in [5, 5.41) is 10.1. The van der Waals surface area contributed by atoms with E-state index < -0.39 is 29.2 Å². The van der Waals surface area contributed by atoms with Gasteiger partial charge in [-0.15, -0.1) is 0 Å². The molecule has 5 rings (SSSR count). The minimum absolute atomic E-state index is 0.0528. The zero-order valence-electron chi connectivity index (χ0n) is 17.7. The van der Waals surface area contributed by atoms with Gasteiger partial charge in [-0.3, -0.25) is 4.79 Å². The van der Waals surface area contributed by atoms with E-state index in [0.717, 1.165) is 12.3 Å². The predicted octanol–water partition coefficient (Wildman–Crippen LogP) is 5.72. The first-order chi connectivity index (χ1) is 16.8. The fourth-order valence-corrected chi connectivity index (χ4v) is 3.54. The van der Waals surface area contributed by atoms with E-state index in [4.69, 9.17) is 4.74 Å². The topological polar surface area (TPSA) is 73.4 Å². The largest absolute Gasteiger partial charge is 0.452 e. The van der Waals surface area contributed by atoms with Gasteiger partial charge in [0.1, 0.15) is 5.52 Å². The molecule has 0 bridgehead atoms. The van der Waals surface area contributed by atoms with Crippen molar-refractivity contribution in [2.75, 3.05) is 5.32 Å². The number of aromatic nitrogens is 4. The molecule has 0 aliphatic rings. The number of para-hydroxylation sites is 1. The smallest absolute Gasteiger partial charge is 0.434 e. The lowest BCUT2D eigenvalue weighted by molar-refractivity contribution is -0.143. The number of hydrogen-bond acceptors (Lipinski definition) is 4. The molecule has 1 N–H and O–H groups in total. The molecule has 3 heterocycles. The minimum Gasteiger partial charge on any atom is -0.452 e. The first kappa shape index (κ1) is 22.1. The average Bonchev–Trinajstić information content (AvgIpc) is 3.49. The first-order valence-electron chi connectivity index (χ1n) is 10.2. The SMILES string of the molecule is O=C(Nc1ccc(Oc2cccn3nccc23)c(F)c1)c1cnn(-c2ccccc2)c1C(F)(F)F. The van der Waals surface area contributed by atoms with Gasteiger partial charge in [-0.2, -0.15) is 23.4 Å². The van der Waals surface area contributed by atoms with E-state index in [-0.39, 0.29) is 17.1 Å². The Balaban J connectivity index is 1.40. The van der Waals surface area contributed by atoms with Crippen molar-refractivity contribution in [2.24, 2.45) is 0 Å². The van der Waals surface area contributed by atoms with Crippen LogP contribution in [-0.4, -0.2) is 25.3 Å². The molecule has 0 aliphatic heterocycles. The van der Waals surface area contributed by atoms with Gasteiger partial charge >= 0.3 is 6.18 Å². The highest BCUT2D eigenvalue weighted by atomic mass is 19.4. The molecule has 0 saturated carbocycles. The van der Waals surface area contributed by atoms with Gasteiger partial charge in [-0.1, -0.05) is 18.2 Å². The molecule has 0 radical (unpaired) electrons. The van der Waals surface area contributed by atoms with Gasteiger partial charge in [0.05, 0.1) is 23.6 Å². The van der Waals surface area contributed by atoms with Gasteiger partial charge in [0.2, 0.25) is 0 Å². The number of amides is 1. The Morgan fingerprint density at radius 1 is 0.943 bits per heavy atom. The highest BCUT2D eigenvalue weighted by Crippen LogP contribution is 2.34. The maximum Gasteiger partial charge on any atom is 0.434 e. The van der Waals surface area contributed by atoms with Crippen molar-refractivity contribution in [1.29, 1.82) is 0 Å². The maximum atomic E-state index is 14.7. The highest BCUT2D eigenvalue weighted by Gasteiger charge is 2.40. The van der Waals surface area contributed by atoms with Crippen LogP contribution < -0.4 is 10.1 Å². The van der Waals surface area contributed by atoms with Crippen LogP contribution in [0.25, 0.3) is 11.2 Å². The van der Waals surface area contributed by atoms with E-state index in [1.54, 1.807) is 53.3 Å². The van der Waals surface area contributed by atoms with E-state index in [1.165, 1.54) is 24.3 Å². The highest BCUT2D eigenvalue weighted by molar-refractivity contribution is 6.05. The summed E-state index contributed by atoms with van der Waals surface area (Å²) in [6.07, 6.45) is -0.777. The lowest BCUT2D eigenvalue weighted by Gasteiger charge is -2.13. The number of pyridine rings is 1. The van der Waals surface area contributed by atoms with Crippen molar-refractivity contribution in [1.82, 2.24) is 19.4 Å². The Morgan fingerprint density at radius 2 is 1.74 bits per heavy atom. The minimum atomic E-state index is -4.86. The Labute approximate surface area is 195 Å². The van der Waals surface area contributed by atoms with Gasteiger partial charge < -0.3 is 10.1 Å². The maximum absolute atomic E-state index is 14.7. The Bertz CT molecular complexity index is 1530. The van der Waals surface area contributed by atoms with Crippen molar-refractivity contribution < 1.29 is 27.1 Å². The van der Waals surface area contributed by atoms with Crippen LogP contribution in [0.2, 0.25) is 0 Å². The second-order valence-corrected chi connectivity index (χ2v) is 7.39. The molecule has 0 aliphatic carbocycles. The van der Waals surface area contributed by atoms with Gasteiger partial charge in [-0.25, -0.2) is 13.6 Å². The third-order valence-electron chi connectivity index (χ3n) is 5.09. The third kappa shape index (κ3) is 4.31. The predicted molar refractivity (Wildman–Crippen MR) is 118 cm³/mol. The lowest BCUT2D eigenvalue weighted by Crippen LogP contribution is -2.20. The number of carbonyl (C=O) groups excluding carboxylic acids is 1. The van der Waals surface area contributed by atoms with Crippen LogP contribution in [0.5, 0.6) is 11.5 Å². The number of rotatable bonds is 5. The molecule has 35 heavy (non-hydrogen) atoms. The molecule has 7 nitrogen and oxygen atoms in total. The molecule has 0 atom stereocenters. The zero-order valence-corrected chi connectivity index (χ0v) is 17.7. The molecule has 0 fully saturated rings. The first-order valence-corrected chi connectivity index (χ1v) is 10.2. The second-order valence-electron chi connectivity index (χ2n) is 7.39. The number of hydrogen-bond donors (Lipinski definition) is 1. The number of anilines is 1. The summed E-state index contributed by atoms with van der Waals surface area (Å²) in [6, 6.07) is 16.2. The number of ether oxygens (including phenoxy) is 1. The van der Waals surface area contributed by atoms with Crippen LogP contribution in [0.1, 0.15) is 16.1 Å². The summed E-state index contributed by atoms with van der Waals surface area (Å²) >= 11 is 0. The van der Waals surface area contributed by atoms with E-state index in [9.17, 15) is 22.4 Å². The molecule has 176 valence electrons. The van der Waals surface area contributed by atoms with Crippen molar-refractivity contribution in [2.45, 2.75) is 6.18 Å². The fraction of sp³-hybridized carbons (Fsp3) is 0.0417. The fourth-order valence-electron chi connectivity index (χ4n) is 3.54. The van der Waals surface area contributed by atoms with Crippen molar-refractivity contribution in [3.63, 3.8) is 0 Å². The van der Waals surface area contributed by atoms with Crippen molar-refractivity contribution in [3.8, 4) is 17.2 Å². The second kappa shape index (κ2) is 8.60. The van der Waals surface area contributed by atoms with Crippen LogP contribution >= 0.6 is 0 Å². The quantitative estimate of drug-likeness (QED) is 0.326. The standard InChI is InChI=1S/C24H15F4N5O2/c25-18-13-15(8-9-20(18)35-21-7-4-12-32-19(21)10-11-29-32)31-23(34)17-14-30-33(22(17)24(26,27)28)16-5-2-1-3-6-16/h1-14H,(H,31,34). The summed E-state index contributed by atoms with van der Waals surface area (Å²) in [6.45, 7) is 0. The molecule has 0 saturated heterocycles. The lowest BCUT2D eigenvalue weighted by atomic mass is 10.2. The number of alkyl halides is 3. The molecule has 1 amide bonds. The van der Waals surface area contributed by atoms with Crippen LogP contribution in [0.4, 0.5) is 23.2 Å². The Kier molecular flexibility index (Phi) is 5.44. The molecule has 3 aromatic heterocycles. The van der Waals surface area contributed by atoms with Crippen molar-refractivity contribution >= 4 is 17.1 Å². The number of nitrogens with zero attached hydrogens (tertiary/aromatic N) is 4. The number of halogens is 4. The number of nitrogens with one attached hydrogen (secondary N) is 1. The van der Waals surface area contributed by atoms with Crippen LogP contribution in [0.3, 0.4) is 0 Å².